The molecule has 8 heteroatoms. The van der Waals surface area contributed by atoms with Crippen molar-refractivity contribution in [3.63, 3.8) is 0 Å². The molecule has 1 rings (SSSR count). The van der Waals surface area contributed by atoms with Gasteiger partial charge in [-0.2, -0.15) is 0 Å². The fourth-order valence-electron chi connectivity index (χ4n) is 6.26. The van der Waals surface area contributed by atoms with E-state index in [0.29, 0.717) is 13.0 Å². The summed E-state index contributed by atoms with van der Waals surface area (Å²) in [5.41, 5.74) is 0. The Labute approximate surface area is 285 Å². The Bertz CT molecular complexity index is 739. The molecule has 0 bridgehead atoms. The van der Waals surface area contributed by atoms with Gasteiger partial charge in [0.1, 0.15) is 0 Å². The Morgan fingerprint density at radius 1 is 0.587 bits per heavy atom. The van der Waals surface area contributed by atoms with Crippen molar-refractivity contribution in [1.29, 1.82) is 0 Å². The van der Waals surface area contributed by atoms with Gasteiger partial charge in [0, 0.05) is 19.3 Å². The Hall–Kier alpha value is -0.460. The normalized spacial score (nSPS) is 16.4. The van der Waals surface area contributed by atoms with Crippen LogP contribution in [0.1, 0.15) is 194 Å². The van der Waals surface area contributed by atoms with Crippen LogP contribution in [0.2, 0.25) is 0 Å². The number of phosphoric acid groups is 1. The molecule has 0 aromatic rings. The molecule has 1 saturated heterocycles. The van der Waals surface area contributed by atoms with Crippen molar-refractivity contribution in [3.05, 3.63) is 0 Å². The Morgan fingerprint density at radius 3 is 1.41 bits per heavy atom. The minimum absolute atomic E-state index is 0.166. The molecule has 0 saturated carbocycles. The lowest BCUT2D eigenvalue weighted by Crippen LogP contribution is -2.47. The highest BCUT2D eigenvalue weighted by Crippen LogP contribution is 2.52. The van der Waals surface area contributed by atoms with Gasteiger partial charge in [-0.05, 0) is 12.8 Å². The number of unbranched alkanes of at least 4 members (excludes halogenated alkanes) is 23. The number of piperidine rings is 1. The molecule has 0 aliphatic carbocycles. The number of rotatable bonds is 33. The zero-order valence-electron chi connectivity index (χ0n) is 31.0. The van der Waals surface area contributed by atoms with Gasteiger partial charge < -0.3 is 9.22 Å². The molecule has 0 aromatic heterocycles. The number of carbonyl (C=O) groups is 1. The van der Waals surface area contributed by atoms with E-state index < -0.39 is 7.82 Å². The standard InChI is InChI=1S/C38H77NO6P/c1-5-7-9-11-13-15-16-17-18-19-20-21-23-25-27-29-35-43-46(41,45-37-31-33-39(3,4)34-32-37)44-36-42-38(40)30-28-26-24-22-14-12-10-8-6-2/h37H,5-36H2,1-4H3/q+1. The van der Waals surface area contributed by atoms with Crippen molar-refractivity contribution in [2.24, 2.45) is 0 Å². The minimum atomic E-state index is -3.81. The van der Waals surface area contributed by atoms with Crippen molar-refractivity contribution in [3.8, 4) is 0 Å². The monoisotopic (exact) mass is 675 g/mol. The van der Waals surface area contributed by atoms with Gasteiger partial charge in [0.15, 0.2) is 0 Å². The number of hydrogen-bond donors (Lipinski definition) is 0. The van der Waals surface area contributed by atoms with E-state index in [1.165, 1.54) is 128 Å². The molecule has 1 aliphatic heterocycles. The number of carbonyl (C=O) groups excluding carboxylic acids is 1. The lowest BCUT2D eigenvalue weighted by atomic mass is 10.0. The second-order valence-electron chi connectivity index (χ2n) is 14.6. The quantitative estimate of drug-likeness (QED) is 0.0227. The fraction of sp³-hybridized carbons (Fsp3) is 0.974. The molecule has 1 heterocycles. The SMILES string of the molecule is CCCCCCCCCCCCCCCCCCOP(=O)(OCOC(=O)CCCCCCCCCCC)OC1CC[N+](C)(C)CC1. The second kappa shape index (κ2) is 29.5. The van der Waals surface area contributed by atoms with Gasteiger partial charge in [-0.15, -0.1) is 0 Å². The lowest BCUT2D eigenvalue weighted by Gasteiger charge is -2.37. The summed E-state index contributed by atoms with van der Waals surface area (Å²) in [5, 5.41) is 0. The molecule has 0 aromatic carbocycles. The molecule has 1 atom stereocenters. The van der Waals surface area contributed by atoms with E-state index in [9.17, 15) is 9.36 Å². The van der Waals surface area contributed by atoms with Crippen molar-refractivity contribution in [2.75, 3.05) is 40.6 Å². The first-order valence-corrected chi connectivity index (χ1v) is 21.3. The number of nitrogens with zero attached hydrogens (tertiary/aromatic N) is 1. The first kappa shape index (κ1) is 43.6. The summed E-state index contributed by atoms with van der Waals surface area (Å²) in [7, 11) is 0.591. The van der Waals surface area contributed by atoms with Gasteiger partial charge in [-0.3, -0.25) is 13.8 Å². The Morgan fingerprint density at radius 2 is 0.978 bits per heavy atom. The van der Waals surface area contributed by atoms with Crippen LogP contribution in [0, 0.1) is 0 Å². The van der Waals surface area contributed by atoms with E-state index >= 15 is 0 Å². The third kappa shape index (κ3) is 26.5. The van der Waals surface area contributed by atoms with Gasteiger partial charge in [0.05, 0.1) is 39.9 Å². The molecule has 1 fully saturated rings. The van der Waals surface area contributed by atoms with Crippen molar-refractivity contribution >= 4 is 13.8 Å². The Balaban J connectivity index is 2.19. The fourth-order valence-corrected chi connectivity index (χ4v) is 7.57. The van der Waals surface area contributed by atoms with Crippen LogP contribution in [0.3, 0.4) is 0 Å². The van der Waals surface area contributed by atoms with Crippen LogP contribution in [0.5, 0.6) is 0 Å². The van der Waals surface area contributed by atoms with Crippen LogP contribution in [-0.4, -0.2) is 57.1 Å². The third-order valence-corrected chi connectivity index (χ3v) is 11.0. The first-order chi connectivity index (χ1) is 22.3. The minimum Gasteiger partial charge on any atom is -0.438 e. The molecule has 0 radical (unpaired) electrons. The molecule has 0 amide bonds. The number of esters is 1. The average molecular weight is 675 g/mol. The van der Waals surface area contributed by atoms with Gasteiger partial charge in [-0.1, -0.05) is 162 Å². The molecular formula is C38H77NO6P+. The first-order valence-electron chi connectivity index (χ1n) is 19.9. The number of ether oxygens (including phenoxy) is 1. The van der Waals surface area contributed by atoms with Gasteiger partial charge in [-0.25, -0.2) is 9.09 Å². The molecule has 0 N–H and O–H groups in total. The summed E-state index contributed by atoms with van der Waals surface area (Å²) in [4.78, 5) is 12.2. The van der Waals surface area contributed by atoms with Crippen molar-refractivity contribution < 1.29 is 32.2 Å². The largest absolute Gasteiger partial charge is 0.477 e. The van der Waals surface area contributed by atoms with Crippen molar-refractivity contribution in [2.45, 2.75) is 200 Å². The number of phosphoric ester groups is 1. The van der Waals surface area contributed by atoms with Crippen LogP contribution in [0.25, 0.3) is 0 Å². The summed E-state index contributed by atoms with van der Waals surface area (Å²) in [6, 6.07) is 0. The van der Waals surface area contributed by atoms with Gasteiger partial charge >= 0.3 is 13.8 Å². The smallest absolute Gasteiger partial charge is 0.438 e. The van der Waals surface area contributed by atoms with E-state index in [2.05, 4.69) is 27.9 Å². The highest BCUT2D eigenvalue weighted by molar-refractivity contribution is 7.48. The highest BCUT2D eigenvalue weighted by atomic mass is 31.2. The summed E-state index contributed by atoms with van der Waals surface area (Å²) >= 11 is 0. The van der Waals surface area contributed by atoms with E-state index in [0.717, 1.165) is 62.5 Å². The molecule has 46 heavy (non-hydrogen) atoms. The summed E-state index contributed by atoms with van der Waals surface area (Å²) in [5.74, 6) is -0.316. The van der Waals surface area contributed by atoms with Crippen LogP contribution in [-0.2, 0) is 27.7 Å². The zero-order valence-corrected chi connectivity index (χ0v) is 31.9. The third-order valence-electron chi connectivity index (χ3n) is 9.55. The van der Waals surface area contributed by atoms with E-state index in [4.69, 9.17) is 18.3 Å². The maximum atomic E-state index is 13.5. The highest BCUT2D eigenvalue weighted by Gasteiger charge is 2.35. The van der Waals surface area contributed by atoms with Gasteiger partial charge in [0.2, 0.25) is 6.79 Å². The van der Waals surface area contributed by atoms with Gasteiger partial charge in [0.25, 0.3) is 0 Å². The average Bonchev–Trinajstić information content (AvgIpc) is 3.03. The molecule has 274 valence electrons. The second-order valence-corrected chi connectivity index (χ2v) is 16.2. The molecule has 0 spiro atoms. The van der Waals surface area contributed by atoms with E-state index in [-0.39, 0.29) is 18.9 Å². The number of quaternary nitrogens is 1. The summed E-state index contributed by atoms with van der Waals surface area (Å²) in [6.07, 6.45) is 33.4. The van der Waals surface area contributed by atoms with Crippen molar-refractivity contribution in [1.82, 2.24) is 0 Å². The Kier molecular flexibility index (Phi) is 27.9. The van der Waals surface area contributed by atoms with Crippen LogP contribution in [0.15, 0.2) is 0 Å². The maximum absolute atomic E-state index is 13.5. The number of likely N-dealkylation sites (tertiary alicyclic amines) is 1. The summed E-state index contributed by atoms with van der Waals surface area (Å²) < 4.78 is 37.0. The number of hydrogen-bond acceptors (Lipinski definition) is 6. The predicted molar refractivity (Wildman–Crippen MR) is 193 cm³/mol. The van der Waals surface area contributed by atoms with E-state index in [1.807, 2.05) is 0 Å². The van der Waals surface area contributed by atoms with Crippen LogP contribution >= 0.6 is 7.82 Å². The molecule has 7 nitrogen and oxygen atoms in total. The topological polar surface area (TPSA) is 71.1 Å². The predicted octanol–water partition coefficient (Wildman–Crippen LogP) is 12.1. The molecule has 1 unspecified atom stereocenters. The van der Waals surface area contributed by atoms with Crippen LogP contribution in [0.4, 0.5) is 0 Å². The van der Waals surface area contributed by atoms with E-state index in [1.54, 1.807) is 0 Å². The maximum Gasteiger partial charge on any atom is 0.477 e. The van der Waals surface area contributed by atoms with Crippen LogP contribution < -0.4 is 0 Å². The zero-order chi connectivity index (χ0) is 33.6. The lowest BCUT2D eigenvalue weighted by molar-refractivity contribution is -0.896. The molecular weight excluding hydrogens is 597 g/mol. The molecule has 1 aliphatic rings. The summed E-state index contributed by atoms with van der Waals surface area (Å²) in [6.45, 7) is 6.37.